The Balaban J connectivity index is 2.25. The van der Waals surface area contributed by atoms with Gasteiger partial charge in [0.1, 0.15) is 30.5 Å². The lowest BCUT2D eigenvalue weighted by atomic mass is 9.96. The Morgan fingerprint density at radius 2 is 1.10 bits per heavy atom. The Hall–Kier alpha value is -0.720. The molecule has 4 N–H and O–H groups in total. The van der Waals surface area contributed by atoms with Crippen LogP contribution < -0.4 is 0 Å². The van der Waals surface area contributed by atoms with Crippen LogP contribution in [0.3, 0.4) is 0 Å². The van der Waals surface area contributed by atoms with Gasteiger partial charge in [0.15, 0.2) is 12.4 Å². The second-order valence-electron chi connectivity index (χ2n) is 7.84. The Morgan fingerprint density at radius 3 is 1.59 bits per heavy atom. The first kappa shape index (κ1) is 34.5. The van der Waals surface area contributed by atoms with Gasteiger partial charge in [-0.2, -0.15) is 33.7 Å². The zero-order valence-electron chi connectivity index (χ0n) is 19.8. The highest BCUT2D eigenvalue weighted by molar-refractivity contribution is 7.81. The van der Waals surface area contributed by atoms with Crippen molar-refractivity contribution in [3.05, 3.63) is 0 Å². The molecule has 0 bridgehead atoms. The Kier molecular flexibility index (Phi) is 11.9. The van der Waals surface area contributed by atoms with Gasteiger partial charge < -0.3 is 23.7 Å². The molecule has 21 nitrogen and oxygen atoms in total. The number of rotatable bonds is 14. The summed E-state index contributed by atoms with van der Waals surface area (Å²) >= 11 is 0. The summed E-state index contributed by atoms with van der Waals surface area (Å²) in [7, 11) is -18.9. The highest BCUT2D eigenvalue weighted by Crippen LogP contribution is 2.30. The lowest BCUT2D eigenvalue weighted by molar-refractivity contribution is -0.246. The number of hydrogen-bond donors (Lipinski definition) is 4. The normalized spacial score (nSPS) is 33.2. The Morgan fingerprint density at radius 1 is 0.615 bits per heavy atom. The van der Waals surface area contributed by atoms with Gasteiger partial charge in [-0.1, -0.05) is 0 Å². The lowest BCUT2D eigenvalue weighted by Gasteiger charge is -2.41. The minimum atomic E-state index is -5.28. The van der Waals surface area contributed by atoms with Crippen molar-refractivity contribution in [1.82, 2.24) is 0 Å². The average Bonchev–Trinajstić information content (AvgIpc) is 2.74. The zero-order valence-corrected chi connectivity index (χ0v) is 23.1. The zero-order chi connectivity index (χ0) is 29.8. The van der Waals surface area contributed by atoms with Gasteiger partial charge in [0.25, 0.3) is 0 Å². The third-order valence-corrected chi connectivity index (χ3v) is 7.00. The molecule has 0 spiro atoms. The number of ether oxygens (including phenoxy) is 5. The van der Waals surface area contributed by atoms with Crippen LogP contribution in [0.4, 0.5) is 0 Å². The fourth-order valence-electron chi connectivity index (χ4n) is 3.72. The topological polar surface area (TPSA) is 301 Å². The molecule has 8 unspecified atom stereocenters. The molecule has 232 valence electrons. The van der Waals surface area contributed by atoms with Gasteiger partial charge >= 0.3 is 41.6 Å². The second-order valence-corrected chi connectivity index (χ2v) is 12.0. The largest absolute Gasteiger partial charge is 0.397 e. The molecule has 8 atom stereocenters. The van der Waals surface area contributed by atoms with Crippen LogP contribution in [0.15, 0.2) is 0 Å². The maximum atomic E-state index is 11.4. The van der Waals surface area contributed by atoms with Crippen LogP contribution in [-0.4, -0.2) is 135 Å². The van der Waals surface area contributed by atoms with E-state index >= 15 is 0 Å². The fraction of sp³-hybridized carbons (Fsp3) is 1.00. The van der Waals surface area contributed by atoms with Crippen LogP contribution >= 0.6 is 0 Å². The molecule has 25 heteroatoms. The van der Waals surface area contributed by atoms with Gasteiger partial charge in [-0.05, 0) is 0 Å². The van der Waals surface area contributed by atoms with Crippen LogP contribution in [-0.2, 0) is 82.0 Å². The molecule has 0 radical (unpaired) electrons. The molecular formula is C14H26O21S4. The first-order valence-electron chi connectivity index (χ1n) is 10.2. The standard InChI is InChI=1S/C14H26O21S4/c1-27-8-6-30-9(12(34-38(21,22)23)11(8)33-37(18,19)20)5-29-3-7-4-31-14(28-2)13(35-39(24,25)26)10(7)32-36(15,16)17/h7-14H,3-6H2,1-2H3,(H,15,16,17)(H,18,19,20)(H,21,22,23)(H,24,25,26). The number of hydrogen-bond acceptors (Lipinski definition) is 17. The summed E-state index contributed by atoms with van der Waals surface area (Å²) in [6.45, 7) is -2.26. The molecular weight excluding hydrogens is 632 g/mol. The quantitative estimate of drug-likeness (QED) is 0.133. The van der Waals surface area contributed by atoms with Gasteiger partial charge in [-0.25, -0.2) is 16.7 Å². The van der Waals surface area contributed by atoms with Crippen molar-refractivity contribution in [2.45, 2.75) is 42.9 Å². The first-order valence-corrected chi connectivity index (χ1v) is 15.7. The predicted octanol–water partition coefficient (Wildman–Crippen LogP) is -3.21. The highest BCUT2D eigenvalue weighted by Gasteiger charge is 2.49. The van der Waals surface area contributed by atoms with E-state index in [1.54, 1.807) is 0 Å². The summed E-state index contributed by atoms with van der Waals surface area (Å²) in [5, 5.41) is 0. The van der Waals surface area contributed by atoms with E-state index in [0.717, 1.165) is 14.2 Å². The van der Waals surface area contributed by atoms with Gasteiger partial charge in [-0.15, -0.1) is 0 Å². The van der Waals surface area contributed by atoms with Crippen molar-refractivity contribution in [2.24, 2.45) is 5.92 Å². The van der Waals surface area contributed by atoms with Gasteiger partial charge in [0.05, 0.1) is 26.4 Å². The third-order valence-electron chi connectivity index (χ3n) is 5.14. The van der Waals surface area contributed by atoms with E-state index in [2.05, 4.69) is 16.7 Å². The summed E-state index contributed by atoms with van der Waals surface area (Å²) in [4.78, 5) is 0. The Bertz CT molecular complexity index is 1130. The molecule has 0 aromatic rings. The van der Waals surface area contributed by atoms with Crippen LogP contribution in [0.5, 0.6) is 0 Å². The van der Waals surface area contributed by atoms with Gasteiger partial charge in [0, 0.05) is 20.1 Å². The van der Waals surface area contributed by atoms with Crippen molar-refractivity contribution >= 4 is 41.6 Å². The highest BCUT2D eigenvalue weighted by atomic mass is 32.3. The maximum Gasteiger partial charge on any atom is 0.397 e. The molecule has 2 saturated heterocycles. The van der Waals surface area contributed by atoms with Gasteiger partial charge in [-0.3, -0.25) is 18.2 Å². The minimum Gasteiger partial charge on any atom is -0.378 e. The molecule has 0 aromatic carbocycles. The van der Waals surface area contributed by atoms with Crippen molar-refractivity contribution in [2.75, 3.05) is 40.6 Å². The summed E-state index contributed by atoms with van der Waals surface area (Å²) in [6.07, 6.45) is -12.3. The number of methoxy groups -OCH3 is 2. The molecule has 2 aliphatic rings. The second kappa shape index (κ2) is 13.5. The van der Waals surface area contributed by atoms with Crippen molar-refractivity contribution in [3.8, 4) is 0 Å². The van der Waals surface area contributed by atoms with E-state index in [9.17, 15) is 33.7 Å². The maximum absolute atomic E-state index is 11.4. The molecule has 2 rings (SSSR count). The predicted molar refractivity (Wildman–Crippen MR) is 117 cm³/mol. The van der Waals surface area contributed by atoms with E-state index in [4.69, 9.17) is 41.9 Å². The molecule has 2 heterocycles. The molecule has 0 aromatic heterocycles. The monoisotopic (exact) mass is 658 g/mol. The summed E-state index contributed by atoms with van der Waals surface area (Å²) in [5.41, 5.74) is 0. The summed E-state index contributed by atoms with van der Waals surface area (Å²) in [6, 6.07) is 0. The van der Waals surface area contributed by atoms with Crippen molar-refractivity contribution in [1.29, 1.82) is 0 Å². The molecule has 2 aliphatic heterocycles. The minimum absolute atomic E-state index is 0.461. The van der Waals surface area contributed by atoms with E-state index in [1.807, 2.05) is 0 Å². The smallest absolute Gasteiger partial charge is 0.378 e. The SMILES string of the molecule is COC1COC(COCC2COC(OC)C(OS(=O)(=O)O)C2OS(=O)(=O)O)C(OS(=O)(=O)O)C1OS(=O)(=O)O. The molecule has 2 fully saturated rings. The van der Waals surface area contributed by atoms with Crippen LogP contribution in [0.1, 0.15) is 0 Å². The summed E-state index contributed by atoms with van der Waals surface area (Å²) < 4.78 is 171. The molecule has 0 aliphatic carbocycles. The van der Waals surface area contributed by atoms with Gasteiger partial charge in [0.2, 0.25) is 0 Å². The molecule has 0 amide bonds. The average molecular weight is 659 g/mol. The molecule has 0 saturated carbocycles. The summed E-state index contributed by atoms with van der Waals surface area (Å²) in [5.74, 6) is -1.29. The van der Waals surface area contributed by atoms with Crippen LogP contribution in [0, 0.1) is 5.92 Å². The fourth-order valence-corrected chi connectivity index (χ4v) is 5.77. The van der Waals surface area contributed by atoms with E-state index < -0.39 is 117 Å². The van der Waals surface area contributed by atoms with Crippen molar-refractivity contribution in [3.63, 3.8) is 0 Å². The van der Waals surface area contributed by atoms with E-state index in [1.165, 1.54) is 0 Å². The van der Waals surface area contributed by atoms with Crippen LogP contribution in [0.2, 0.25) is 0 Å². The molecule has 39 heavy (non-hydrogen) atoms. The lowest BCUT2D eigenvalue weighted by Crippen LogP contribution is -2.58. The van der Waals surface area contributed by atoms with Crippen LogP contribution in [0.25, 0.3) is 0 Å². The Labute approximate surface area is 223 Å². The first-order chi connectivity index (χ1) is 17.7. The van der Waals surface area contributed by atoms with E-state index in [0.29, 0.717) is 0 Å². The van der Waals surface area contributed by atoms with Crippen molar-refractivity contribution < 1.29 is 92.3 Å². The third kappa shape index (κ3) is 11.6. The van der Waals surface area contributed by atoms with E-state index in [-0.39, 0.29) is 0 Å².